The Kier molecular flexibility index (Phi) is 4.31. The van der Waals surface area contributed by atoms with Crippen molar-refractivity contribution < 1.29 is 9.47 Å². The topological polar surface area (TPSA) is 56.5 Å². The van der Waals surface area contributed by atoms with Crippen LogP contribution in [0.25, 0.3) is 0 Å². The Labute approximate surface area is 114 Å². The van der Waals surface area contributed by atoms with Crippen LogP contribution in [0.2, 0.25) is 0 Å². The maximum absolute atomic E-state index is 5.83. The minimum atomic E-state index is -0.136. The van der Waals surface area contributed by atoms with E-state index >= 15 is 0 Å². The van der Waals surface area contributed by atoms with Crippen molar-refractivity contribution in [1.29, 1.82) is 0 Å². The fourth-order valence-corrected chi connectivity index (χ4v) is 2.04. The van der Waals surface area contributed by atoms with Gasteiger partial charge in [0.15, 0.2) is 11.5 Å². The second kappa shape index (κ2) is 5.96. The number of benzene rings is 1. The van der Waals surface area contributed by atoms with Crippen LogP contribution in [0.15, 0.2) is 18.2 Å². The molecule has 1 aliphatic rings. The Hall–Kier alpha value is -1.70. The summed E-state index contributed by atoms with van der Waals surface area (Å²) in [6, 6.07) is 6.04. The van der Waals surface area contributed by atoms with Crippen LogP contribution < -0.4 is 20.5 Å². The van der Waals surface area contributed by atoms with Gasteiger partial charge < -0.3 is 15.2 Å². The first-order valence-electron chi connectivity index (χ1n) is 6.44. The molecule has 19 heavy (non-hydrogen) atoms. The Morgan fingerprint density at radius 1 is 1.42 bits per heavy atom. The molecule has 4 nitrogen and oxygen atoms in total. The van der Waals surface area contributed by atoms with Gasteiger partial charge in [0, 0.05) is 12.1 Å². The van der Waals surface area contributed by atoms with Crippen LogP contribution in [0.1, 0.15) is 18.9 Å². The Bertz CT molecular complexity index is 482. The van der Waals surface area contributed by atoms with Crippen LogP contribution in [-0.2, 0) is 6.42 Å². The number of nitrogens with two attached hydrogens (primary N) is 1. The SMILES string of the molecule is C#CCNC(C)(CN)CCc1ccc2c(c1)OCO2. The highest BCUT2D eigenvalue weighted by molar-refractivity contribution is 5.44. The van der Waals surface area contributed by atoms with E-state index in [4.69, 9.17) is 21.6 Å². The number of fused-ring (bicyclic) bond motifs is 1. The van der Waals surface area contributed by atoms with Gasteiger partial charge in [-0.2, -0.15) is 0 Å². The second-order valence-corrected chi connectivity index (χ2v) is 5.01. The Morgan fingerprint density at radius 2 is 2.21 bits per heavy atom. The third kappa shape index (κ3) is 3.40. The Morgan fingerprint density at radius 3 is 2.95 bits per heavy atom. The van der Waals surface area contributed by atoms with Gasteiger partial charge in [0.1, 0.15) is 0 Å². The molecule has 0 fully saturated rings. The summed E-state index contributed by atoms with van der Waals surface area (Å²) in [5.41, 5.74) is 6.90. The first kappa shape index (κ1) is 13.7. The van der Waals surface area contributed by atoms with Crippen LogP contribution in [-0.4, -0.2) is 25.4 Å². The molecule has 0 spiro atoms. The molecule has 1 unspecified atom stereocenters. The monoisotopic (exact) mass is 260 g/mol. The van der Waals surface area contributed by atoms with E-state index in [1.165, 1.54) is 5.56 Å². The summed E-state index contributed by atoms with van der Waals surface area (Å²) in [6.45, 7) is 3.49. The second-order valence-electron chi connectivity index (χ2n) is 5.01. The summed E-state index contributed by atoms with van der Waals surface area (Å²) < 4.78 is 10.7. The molecular weight excluding hydrogens is 240 g/mol. The Balaban J connectivity index is 1.96. The van der Waals surface area contributed by atoms with Gasteiger partial charge in [0.2, 0.25) is 6.79 Å². The summed E-state index contributed by atoms with van der Waals surface area (Å²) in [5, 5.41) is 3.30. The van der Waals surface area contributed by atoms with Gasteiger partial charge in [-0.25, -0.2) is 0 Å². The lowest BCUT2D eigenvalue weighted by atomic mass is 9.93. The van der Waals surface area contributed by atoms with Gasteiger partial charge in [-0.3, -0.25) is 5.32 Å². The molecule has 0 amide bonds. The quantitative estimate of drug-likeness (QED) is 0.757. The van der Waals surface area contributed by atoms with Crippen molar-refractivity contribution in [2.45, 2.75) is 25.3 Å². The number of terminal acetylenes is 1. The van der Waals surface area contributed by atoms with E-state index in [0.717, 1.165) is 24.3 Å². The summed E-state index contributed by atoms with van der Waals surface area (Å²) >= 11 is 0. The predicted molar refractivity (Wildman–Crippen MR) is 75.2 cm³/mol. The molecule has 102 valence electrons. The fraction of sp³-hybridized carbons (Fsp3) is 0.467. The van der Waals surface area contributed by atoms with Crippen molar-refractivity contribution in [3.8, 4) is 23.8 Å². The normalized spacial score (nSPS) is 15.8. The van der Waals surface area contributed by atoms with Crippen LogP contribution in [0.5, 0.6) is 11.5 Å². The minimum Gasteiger partial charge on any atom is -0.454 e. The standard InChI is InChI=1S/C15H20N2O2/c1-3-8-17-15(2,10-16)7-6-12-4-5-13-14(9-12)19-11-18-13/h1,4-5,9,17H,6-8,10-11,16H2,2H3. The first-order chi connectivity index (χ1) is 9.17. The van der Waals surface area contributed by atoms with Crippen molar-refractivity contribution in [2.24, 2.45) is 5.73 Å². The van der Waals surface area contributed by atoms with Crippen molar-refractivity contribution in [1.82, 2.24) is 5.32 Å². The van der Waals surface area contributed by atoms with E-state index in [9.17, 15) is 0 Å². The fourth-order valence-electron chi connectivity index (χ4n) is 2.04. The summed E-state index contributed by atoms with van der Waals surface area (Å²) in [5.74, 6) is 4.22. The van der Waals surface area contributed by atoms with Crippen molar-refractivity contribution >= 4 is 0 Å². The van der Waals surface area contributed by atoms with Gasteiger partial charge in [-0.05, 0) is 37.5 Å². The highest BCUT2D eigenvalue weighted by Crippen LogP contribution is 2.33. The molecule has 0 aromatic heterocycles. The van der Waals surface area contributed by atoms with Crippen LogP contribution in [0.4, 0.5) is 0 Å². The van der Waals surface area contributed by atoms with E-state index < -0.39 is 0 Å². The number of hydrogen-bond donors (Lipinski definition) is 2. The molecule has 1 atom stereocenters. The van der Waals surface area contributed by atoms with Crippen LogP contribution in [0.3, 0.4) is 0 Å². The third-order valence-electron chi connectivity index (χ3n) is 3.47. The number of rotatable bonds is 6. The maximum atomic E-state index is 5.83. The summed E-state index contributed by atoms with van der Waals surface area (Å²) in [7, 11) is 0. The number of ether oxygens (including phenoxy) is 2. The lowest BCUT2D eigenvalue weighted by molar-refractivity contribution is 0.174. The van der Waals surface area contributed by atoms with Crippen LogP contribution >= 0.6 is 0 Å². The highest BCUT2D eigenvalue weighted by atomic mass is 16.7. The number of nitrogens with one attached hydrogen (secondary N) is 1. The zero-order chi connectivity index (χ0) is 13.7. The smallest absolute Gasteiger partial charge is 0.231 e. The van der Waals surface area contributed by atoms with E-state index in [1.54, 1.807) is 0 Å². The zero-order valence-corrected chi connectivity index (χ0v) is 11.2. The summed E-state index contributed by atoms with van der Waals surface area (Å²) in [4.78, 5) is 0. The molecule has 1 heterocycles. The minimum absolute atomic E-state index is 0.136. The van der Waals surface area contributed by atoms with E-state index in [-0.39, 0.29) is 5.54 Å². The summed E-state index contributed by atoms with van der Waals surface area (Å²) in [6.07, 6.45) is 7.12. The molecular formula is C15H20N2O2. The zero-order valence-electron chi connectivity index (χ0n) is 11.2. The average molecular weight is 260 g/mol. The van der Waals surface area contributed by atoms with Gasteiger partial charge in [0.05, 0.1) is 6.54 Å². The number of hydrogen-bond acceptors (Lipinski definition) is 4. The molecule has 0 saturated heterocycles. The maximum Gasteiger partial charge on any atom is 0.231 e. The predicted octanol–water partition coefficient (Wildman–Crippen LogP) is 1.29. The lowest BCUT2D eigenvalue weighted by Gasteiger charge is -2.28. The largest absolute Gasteiger partial charge is 0.454 e. The highest BCUT2D eigenvalue weighted by Gasteiger charge is 2.21. The van der Waals surface area contributed by atoms with E-state index in [1.807, 2.05) is 12.1 Å². The van der Waals surface area contributed by atoms with Gasteiger partial charge in [-0.1, -0.05) is 12.0 Å². The molecule has 0 saturated carbocycles. The average Bonchev–Trinajstić information content (AvgIpc) is 2.90. The van der Waals surface area contributed by atoms with E-state index in [0.29, 0.717) is 19.9 Å². The molecule has 2 rings (SSSR count). The van der Waals surface area contributed by atoms with Crippen molar-refractivity contribution in [2.75, 3.05) is 19.9 Å². The molecule has 1 aliphatic heterocycles. The molecule has 0 radical (unpaired) electrons. The molecule has 3 N–H and O–H groups in total. The van der Waals surface area contributed by atoms with E-state index in [2.05, 4.69) is 24.2 Å². The lowest BCUT2D eigenvalue weighted by Crippen LogP contribution is -2.49. The van der Waals surface area contributed by atoms with Gasteiger partial charge >= 0.3 is 0 Å². The van der Waals surface area contributed by atoms with Gasteiger partial charge in [0.25, 0.3) is 0 Å². The van der Waals surface area contributed by atoms with Crippen molar-refractivity contribution in [3.63, 3.8) is 0 Å². The molecule has 0 aliphatic carbocycles. The molecule has 0 bridgehead atoms. The number of aryl methyl sites for hydroxylation is 1. The first-order valence-corrected chi connectivity index (χ1v) is 6.44. The van der Waals surface area contributed by atoms with Crippen molar-refractivity contribution in [3.05, 3.63) is 23.8 Å². The molecule has 1 aromatic carbocycles. The van der Waals surface area contributed by atoms with Gasteiger partial charge in [-0.15, -0.1) is 6.42 Å². The molecule has 4 heteroatoms. The molecule has 1 aromatic rings. The van der Waals surface area contributed by atoms with Crippen LogP contribution in [0, 0.1) is 12.3 Å². The third-order valence-corrected chi connectivity index (χ3v) is 3.47.